The zero-order valence-corrected chi connectivity index (χ0v) is 12.6. The zero-order chi connectivity index (χ0) is 15.1. The SMILES string of the molecule is CCNc1nc(C)cc(NCCNC(=O)C2CCOC2)n1. The van der Waals surface area contributed by atoms with Crippen molar-refractivity contribution in [1.29, 1.82) is 0 Å². The van der Waals surface area contributed by atoms with Crippen molar-refractivity contribution in [3.63, 3.8) is 0 Å². The summed E-state index contributed by atoms with van der Waals surface area (Å²) in [5.74, 6) is 1.46. The van der Waals surface area contributed by atoms with E-state index in [-0.39, 0.29) is 11.8 Å². The molecule has 0 saturated carbocycles. The molecule has 0 bridgehead atoms. The van der Waals surface area contributed by atoms with Gasteiger partial charge in [0.05, 0.1) is 12.5 Å². The van der Waals surface area contributed by atoms with Crippen molar-refractivity contribution >= 4 is 17.7 Å². The van der Waals surface area contributed by atoms with Gasteiger partial charge < -0.3 is 20.7 Å². The van der Waals surface area contributed by atoms with Gasteiger partial charge in [0.2, 0.25) is 11.9 Å². The minimum atomic E-state index is 0.00616. The molecule has 7 nitrogen and oxygen atoms in total. The summed E-state index contributed by atoms with van der Waals surface area (Å²) >= 11 is 0. The molecule has 1 fully saturated rings. The van der Waals surface area contributed by atoms with Crippen LogP contribution in [0, 0.1) is 12.8 Å². The molecule has 0 aromatic carbocycles. The van der Waals surface area contributed by atoms with Crippen molar-refractivity contribution in [2.45, 2.75) is 20.3 Å². The number of aryl methyl sites for hydroxylation is 1. The number of hydrogen-bond acceptors (Lipinski definition) is 6. The summed E-state index contributed by atoms with van der Waals surface area (Å²) in [7, 11) is 0. The molecule has 1 aliphatic rings. The molecule has 116 valence electrons. The van der Waals surface area contributed by atoms with Crippen molar-refractivity contribution in [2.75, 3.05) is 43.5 Å². The van der Waals surface area contributed by atoms with Crippen LogP contribution < -0.4 is 16.0 Å². The predicted octanol–water partition coefficient (Wildman–Crippen LogP) is 0.781. The molecule has 1 atom stereocenters. The highest BCUT2D eigenvalue weighted by Crippen LogP contribution is 2.12. The first-order valence-electron chi connectivity index (χ1n) is 7.38. The molecule has 1 aliphatic heterocycles. The van der Waals surface area contributed by atoms with Gasteiger partial charge in [0.25, 0.3) is 0 Å². The Balaban J connectivity index is 1.74. The maximum absolute atomic E-state index is 11.8. The van der Waals surface area contributed by atoms with Crippen molar-refractivity contribution in [3.05, 3.63) is 11.8 Å². The van der Waals surface area contributed by atoms with Crippen LogP contribution in [-0.2, 0) is 9.53 Å². The maximum atomic E-state index is 11.8. The zero-order valence-electron chi connectivity index (χ0n) is 12.6. The van der Waals surface area contributed by atoms with Crippen LogP contribution in [0.15, 0.2) is 6.07 Å². The summed E-state index contributed by atoms with van der Waals surface area (Å²) in [6.45, 7) is 7.12. The number of carbonyl (C=O) groups excluding carboxylic acids is 1. The Labute approximate surface area is 124 Å². The summed E-state index contributed by atoms with van der Waals surface area (Å²) in [5.41, 5.74) is 0.899. The van der Waals surface area contributed by atoms with Crippen LogP contribution in [0.2, 0.25) is 0 Å². The first kappa shape index (κ1) is 15.5. The van der Waals surface area contributed by atoms with E-state index in [1.54, 1.807) is 0 Å². The molecule has 1 aromatic rings. The Hall–Kier alpha value is -1.89. The molecule has 1 unspecified atom stereocenters. The fourth-order valence-corrected chi connectivity index (χ4v) is 2.16. The minimum Gasteiger partial charge on any atom is -0.381 e. The predicted molar refractivity (Wildman–Crippen MR) is 81.4 cm³/mol. The Morgan fingerprint density at radius 2 is 2.24 bits per heavy atom. The molecule has 21 heavy (non-hydrogen) atoms. The Morgan fingerprint density at radius 3 is 2.95 bits per heavy atom. The fourth-order valence-electron chi connectivity index (χ4n) is 2.16. The normalized spacial score (nSPS) is 17.5. The number of hydrogen-bond donors (Lipinski definition) is 3. The van der Waals surface area contributed by atoms with Gasteiger partial charge in [-0.2, -0.15) is 4.98 Å². The third-order valence-electron chi connectivity index (χ3n) is 3.22. The van der Waals surface area contributed by atoms with Gasteiger partial charge >= 0.3 is 0 Å². The van der Waals surface area contributed by atoms with Gasteiger partial charge in [-0.15, -0.1) is 0 Å². The monoisotopic (exact) mass is 293 g/mol. The number of anilines is 2. The number of amides is 1. The summed E-state index contributed by atoms with van der Waals surface area (Å²) in [5, 5.41) is 9.19. The van der Waals surface area contributed by atoms with Gasteiger partial charge in [-0.1, -0.05) is 0 Å². The van der Waals surface area contributed by atoms with Gasteiger partial charge in [-0.25, -0.2) is 4.98 Å². The topological polar surface area (TPSA) is 88.2 Å². The number of aromatic nitrogens is 2. The minimum absolute atomic E-state index is 0.00616. The molecule has 0 spiro atoms. The van der Waals surface area contributed by atoms with Crippen molar-refractivity contribution in [1.82, 2.24) is 15.3 Å². The van der Waals surface area contributed by atoms with E-state index in [4.69, 9.17) is 4.74 Å². The molecular formula is C14H23N5O2. The quantitative estimate of drug-likeness (QED) is 0.644. The second kappa shape index (κ2) is 7.78. The highest BCUT2D eigenvalue weighted by molar-refractivity contribution is 5.79. The molecular weight excluding hydrogens is 270 g/mol. The molecule has 2 rings (SSSR count). The molecule has 0 aliphatic carbocycles. The second-order valence-electron chi connectivity index (χ2n) is 5.03. The number of ether oxygens (including phenoxy) is 1. The van der Waals surface area contributed by atoms with E-state index in [0.717, 1.165) is 24.5 Å². The average Bonchev–Trinajstić information content (AvgIpc) is 2.97. The lowest BCUT2D eigenvalue weighted by atomic mass is 10.1. The van der Waals surface area contributed by atoms with Gasteiger partial charge in [-0.3, -0.25) is 4.79 Å². The lowest BCUT2D eigenvalue weighted by Crippen LogP contribution is -2.34. The van der Waals surface area contributed by atoms with Gasteiger partial charge in [0.15, 0.2) is 0 Å². The van der Waals surface area contributed by atoms with Crippen LogP contribution in [0.4, 0.5) is 11.8 Å². The van der Waals surface area contributed by atoms with E-state index in [1.165, 1.54) is 0 Å². The number of carbonyl (C=O) groups is 1. The molecule has 0 radical (unpaired) electrons. The van der Waals surface area contributed by atoms with Gasteiger partial charge in [-0.05, 0) is 20.3 Å². The third kappa shape index (κ3) is 4.86. The van der Waals surface area contributed by atoms with E-state index in [0.29, 0.717) is 32.3 Å². The van der Waals surface area contributed by atoms with E-state index < -0.39 is 0 Å². The summed E-state index contributed by atoms with van der Waals surface area (Å²) in [4.78, 5) is 20.4. The molecule has 7 heteroatoms. The molecule has 2 heterocycles. The Kier molecular flexibility index (Phi) is 5.74. The number of rotatable bonds is 7. The summed E-state index contributed by atoms with van der Waals surface area (Å²) in [6.07, 6.45) is 0.816. The van der Waals surface area contributed by atoms with Crippen LogP contribution in [0.3, 0.4) is 0 Å². The molecule has 1 amide bonds. The van der Waals surface area contributed by atoms with Crippen molar-refractivity contribution < 1.29 is 9.53 Å². The third-order valence-corrected chi connectivity index (χ3v) is 3.22. The van der Waals surface area contributed by atoms with E-state index in [9.17, 15) is 4.79 Å². The van der Waals surface area contributed by atoms with Gasteiger partial charge in [0.1, 0.15) is 5.82 Å². The smallest absolute Gasteiger partial charge is 0.225 e. The lowest BCUT2D eigenvalue weighted by Gasteiger charge is -2.11. The second-order valence-corrected chi connectivity index (χ2v) is 5.03. The largest absolute Gasteiger partial charge is 0.381 e. The number of nitrogens with zero attached hydrogens (tertiary/aromatic N) is 2. The van der Waals surface area contributed by atoms with Crippen LogP contribution in [0.5, 0.6) is 0 Å². The highest BCUT2D eigenvalue weighted by atomic mass is 16.5. The van der Waals surface area contributed by atoms with E-state index >= 15 is 0 Å². The fraction of sp³-hybridized carbons (Fsp3) is 0.643. The van der Waals surface area contributed by atoms with Crippen LogP contribution in [0.25, 0.3) is 0 Å². The summed E-state index contributed by atoms with van der Waals surface area (Å²) < 4.78 is 5.20. The average molecular weight is 293 g/mol. The molecule has 1 aromatic heterocycles. The Morgan fingerprint density at radius 1 is 1.38 bits per heavy atom. The Bertz CT molecular complexity index is 474. The summed E-state index contributed by atoms with van der Waals surface area (Å²) in [6, 6.07) is 1.88. The molecule has 1 saturated heterocycles. The van der Waals surface area contributed by atoms with Crippen molar-refractivity contribution in [2.24, 2.45) is 5.92 Å². The van der Waals surface area contributed by atoms with Crippen molar-refractivity contribution in [3.8, 4) is 0 Å². The highest BCUT2D eigenvalue weighted by Gasteiger charge is 2.22. The first-order chi connectivity index (χ1) is 10.2. The van der Waals surface area contributed by atoms with E-state index in [2.05, 4.69) is 25.9 Å². The first-order valence-corrected chi connectivity index (χ1v) is 7.38. The standard InChI is InChI=1S/C14H23N5O2/c1-3-15-14-18-10(2)8-12(19-14)16-5-6-17-13(20)11-4-7-21-9-11/h8,11H,3-7,9H2,1-2H3,(H,17,20)(H2,15,16,18,19). The van der Waals surface area contributed by atoms with E-state index in [1.807, 2.05) is 19.9 Å². The molecule has 3 N–H and O–H groups in total. The van der Waals surface area contributed by atoms with Gasteiger partial charge in [0, 0.05) is 38.0 Å². The maximum Gasteiger partial charge on any atom is 0.225 e. The van der Waals surface area contributed by atoms with Crippen LogP contribution in [0.1, 0.15) is 19.0 Å². The van der Waals surface area contributed by atoms with Crippen LogP contribution in [-0.4, -0.2) is 48.7 Å². The van der Waals surface area contributed by atoms with Crippen LogP contribution >= 0.6 is 0 Å². The number of nitrogens with one attached hydrogen (secondary N) is 3. The lowest BCUT2D eigenvalue weighted by molar-refractivity contribution is -0.124.